The van der Waals surface area contributed by atoms with Gasteiger partial charge in [0.25, 0.3) is 0 Å². The fourth-order valence-electron chi connectivity index (χ4n) is 12.5. The Kier molecular flexibility index (Phi) is 62.7. The standard InChI is InChI=1S/C15H19F2NO.C9H16O3.C9H14O3.C9H10O3.C8H8F2O3.C8H12F2O2.C7H10F2O2.C2H2.4CO2.CH4.CH3.2Al.H2O2.O/c1-11-7-13(9-15(16,17)8-11)18-10-14(19)12-5-3-2-4-6-12;3*1-6-3-7(9(11)12-2)5-8(10)4-6;9-8(10)2-4-1-5(3-8)7(12)13-6(4)11;1-5-2-6(7(11)12)4-8(9,10)3-5;8-7(9)3-1-2-5(4-7)6(10)11;1-2;4*2-1-3;;;;;1-2;/h2-6,11,13,18H,7-10H2,1H3;6-8,10H,3-5H2,1-2H3;6-7H,3-5H2,1-2H3;3-5,10H,1-2H3;4-5H,1-3H2;5-6H,2-4H2,1H3,(H,11,12);5H,1-4H2,(H,10,11);1-2H;;;;;1H4;1H3;;;1-2H;/q;;;;;;;;;;;;;;;+1;;/p-1/t11-,13+;6-,7+,8-;6-,7+;;4-,5+;5-,6+;5-;;;;;;;;;;;/m111..10.........../s1/i;;;;;;;1D;;;;;;;;;;. The monoisotopic (exact) mass is 1640 g/mol. The van der Waals surface area contributed by atoms with E-state index < -0.39 is 103 Å². The van der Waals surface area contributed by atoms with E-state index in [0.717, 1.165) is 24.8 Å². The zero-order valence-corrected chi connectivity index (χ0v) is 64.9. The van der Waals surface area contributed by atoms with E-state index in [1.807, 2.05) is 19.9 Å². The van der Waals surface area contributed by atoms with E-state index in [9.17, 15) is 83.4 Å². The Balaban J connectivity index is -0.000000284. The molecule has 2 radical (unpaired) electrons. The molecule has 626 valence electrons. The number of aliphatic hydroxyl groups is 1. The number of carbonyl (C=O) groups is 9. The van der Waals surface area contributed by atoms with Gasteiger partial charge in [-0.1, -0.05) is 71.2 Å². The van der Waals surface area contributed by atoms with E-state index in [1.54, 1.807) is 56.0 Å². The number of fused-ring (bicyclic) bond motifs is 2. The summed E-state index contributed by atoms with van der Waals surface area (Å²) in [7, 11) is 4.07. The van der Waals surface area contributed by atoms with Gasteiger partial charge in [-0.15, -0.1) is 12.8 Å². The van der Waals surface area contributed by atoms with Gasteiger partial charge in [-0.25, -0.2) is 39.9 Å². The van der Waals surface area contributed by atoms with E-state index in [1.165, 1.54) is 50.0 Å². The van der Waals surface area contributed by atoms with E-state index in [0.29, 0.717) is 67.9 Å². The normalized spacial score (nSPS) is 24.1. The van der Waals surface area contributed by atoms with Crippen LogP contribution in [0.15, 0.2) is 48.5 Å². The first-order valence-electron chi connectivity index (χ1n) is 34.2. The second-order valence-electron chi connectivity index (χ2n) is 26.2. The molecule has 2 bridgehead atoms. The fraction of sp³-hybridized carbons (Fsp3) is 0.630. The molecule has 12 atom stereocenters. The van der Waals surface area contributed by atoms with Crippen molar-refractivity contribution in [2.75, 3.05) is 27.9 Å². The van der Waals surface area contributed by atoms with Crippen molar-refractivity contribution in [1.29, 1.82) is 0 Å². The molecule has 0 amide bonds. The number of ether oxygens (including phenoxy) is 4. The molecule has 29 nitrogen and oxygen atoms in total. The quantitative estimate of drug-likeness (QED) is 0.0148. The number of aryl methyl sites for hydroxylation is 1. The van der Waals surface area contributed by atoms with Crippen molar-refractivity contribution < 1.29 is 170 Å². The Bertz CT molecular complexity index is 3250. The third-order valence-corrected chi connectivity index (χ3v) is 16.8. The summed E-state index contributed by atoms with van der Waals surface area (Å²) in [5, 5.41) is 45.9. The molecule has 0 aromatic heterocycles. The maximum atomic E-state index is 13.4. The molecule has 2 aromatic rings. The van der Waals surface area contributed by atoms with E-state index >= 15 is 0 Å². The van der Waals surface area contributed by atoms with Gasteiger partial charge in [0.1, 0.15) is 12.9 Å². The zero-order valence-electron chi connectivity index (χ0n) is 63.6. The van der Waals surface area contributed by atoms with Gasteiger partial charge in [0.2, 0.25) is 23.7 Å². The molecular weight excluding hydrogens is 1540 g/mol. The number of hydrogen-bond donors (Lipinski definition) is 6. The van der Waals surface area contributed by atoms with Crippen LogP contribution in [0.4, 0.5) is 35.1 Å². The number of hydrogen-bond acceptors (Lipinski definition) is 27. The number of terminal acetylenes is 1. The molecule has 0 spiro atoms. The molecule has 112 heavy (non-hydrogen) atoms. The molecular formula is C73H99Al2F8NO28. The topological polar surface area (TPSA) is 467 Å². The van der Waals surface area contributed by atoms with Crippen LogP contribution in [0.1, 0.15) is 185 Å². The molecule has 1 saturated heterocycles. The number of benzene rings is 2. The fourth-order valence-corrected chi connectivity index (χ4v) is 12.5. The average molecular weight is 1650 g/mol. The molecule has 6 N–H and O–H groups in total. The maximum absolute atomic E-state index is 13.4. The molecule has 0 unspecified atom stereocenters. The molecule has 2 aromatic carbocycles. The number of aliphatic carboxylic acids is 2. The van der Waals surface area contributed by atoms with Crippen molar-refractivity contribution in [2.24, 2.45) is 59.2 Å². The van der Waals surface area contributed by atoms with Crippen molar-refractivity contribution in [1.82, 2.24) is 5.32 Å². The third kappa shape index (κ3) is 54.1. The number of esters is 5. The van der Waals surface area contributed by atoms with Crippen LogP contribution in [0.3, 0.4) is 0 Å². The first-order valence-corrected chi connectivity index (χ1v) is 35.8. The van der Waals surface area contributed by atoms with Crippen molar-refractivity contribution >= 4 is 110 Å². The average Bonchev–Trinajstić information content (AvgIpc) is 0.790. The van der Waals surface area contributed by atoms with Crippen LogP contribution in [0.2, 0.25) is 5.79 Å². The number of carboxylic acid groups (broad SMARTS) is 2. The van der Waals surface area contributed by atoms with Gasteiger partial charge in [0.05, 0.1) is 75.0 Å². The molecule has 7 fully saturated rings. The van der Waals surface area contributed by atoms with Gasteiger partial charge < -0.3 is 48.6 Å². The molecule has 7 aliphatic rings. The number of cyclic esters (lactones) is 2. The van der Waals surface area contributed by atoms with Crippen LogP contribution in [0.25, 0.3) is 0 Å². The number of phenols is 1. The Morgan fingerprint density at radius 2 is 1.03 bits per heavy atom. The molecule has 9 rings (SSSR count). The number of methoxy groups -OCH3 is 3. The number of nitrogens with one attached hydrogen (secondary N) is 1. The summed E-state index contributed by atoms with van der Waals surface area (Å²) < 4.78 is 139. The van der Waals surface area contributed by atoms with E-state index in [2.05, 4.69) is 41.6 Å². The number of alkyl halides is 8. The Hall–Kier alpha value is -8.71. The summed E-state index contributed by atoms with van der Waals surface area (Å²) >= 11 is 1.00. The summed E-state index contributed by atoms with van der Waals surface area (Å²) in [6, 6.07) is 13.2. The summed E-state index contributed by atoms with van der Waals surface area (Å²) in [6.45, 7) is 9.47. The van der Waals surface area contributed by atoms with Gasteiger partial charge in [-0.2, -0.15) is 38.4 Å². The summed E-state index contributed by atoms with van der Waals surface area (Å²) in [6.07, 6.45) is 10.0. The van der Waals surface area contributed by atoms with E-state index in [4.69, 9.17) is 64.1 Å². The second-order valence-corrected chi connectivity index (χ2v) is 26.8. The Morgan fingerprint density at radius 1 is 0.598 bits per heavy atom. The van der Waals surface area contributed by atoms with Gasteiger partial charge in [-0.3, -0.25) is 43.6 Å². The number of carbonyl (C=O) groups excluding carboxylic acids is 15. The van der Waals surface area contributed by atoms with Crippen LogP contribution in [-0.4, -0.2) is 199 Å². The third-order valence-electron chi connectivity index (χ3n) is 16.6. The van der Waals surface area contributed by atoms with Crippen LogP contribution in [0, 0.1) is 78.9 Å². The minimum absolute atomic E-state index is 0. The number of carboxylic acids is 2. The first-order chi connectivity index (χ1) is 52.2. The predicted molar refractivity (Wildman–Crippen MR) is 372 cm³/mol. The zero-order chi connectivity index (χ0) is 87.7. The van der Waals surface area contributed by atoms with Crippen molar-refractivity contribution in [3.05, 3.63) is 65.2 Å². The van der Waals surface area contributed by atoms with E-state index in [-0.39, 0.29) is 151 Å². The van der Waals surface area contributed by atoms with Crippen molar-refractivity contribution in [3.63, 3.8) is 0 Å². The molecule has 6 saturated carbocycles. The Morgan fingerprint density at radius 3 is 1.42 bits per heavy atom. The first kappa shape index (κ1) is 112. The van der Waals surface area contributed by atoms with Crippen LogP contribution >= 0.6 is 0 Å². The van der Waals surface area contributed by atoms with Crippen LogP contribution in [-0.2, 0) is 98.6 Å². The molecule has 6 aliphatic carbocycles. The number of halogens is 8. The predicted octanol–water partition coefficient (Wildman–Crippen LogP) is 10.2. The minimum atomic E-state index is -2.89. The summed E-state index contributed by atoms with van der Waals surface area (Å²) in [5.74, 6) is -16.6. The molecule has 1 aliphatic heterocycles. The number of ketones is 2. The number of Topliss-reactive ketones (excluding diaryl/α,β-unsaturated/α-hetero) is 2. The van der Waals surface area contributed by atoms with Gasteiger partial charge in [0, 0.05) is 75.8 Å². The van der Waals surface area contributed by atoms with Crippen LogP contribution < -0.4 is 5.32 Å². The van der Waals surface area contributed by atoms with Crippen LogP contribution in [0.5, 0.6) is 5.75 Å². The SMILES string of the molecule is C.COC(=O)[C@@H]1CC(=O)C[C@H](C)C1.COC(=O)[C@H]1C[C@@H](C)C[C@@H](O)C1.COC(=O)c1cc(C)cc(O)c1.C[C@@H]1C[C@H](C(=O)O)CC(F)(F)C1.C[C@@H]1C[C@H](NCC(=O)c2ccccc2)CC(F)(F)C1.O=C(O)[C@H]1CCCC(F)(F)C1.O=C1OC(=O)[C@H]2C[C@@H]1CC(F)(F)C2.O=C=O.O=C=O.O=C=O.O=C=O.[2H]C#C.[CH3][Al][O]O.[O]=[Al]. The second kappa shape index (κ2) is 62.8. The molecule has 1 heterocycles. The van der Waals surface area contributed by atoms with Gasteiger partial charge in [-0.05, 0) is 112 Å². The number of rotatable bonds is 10. The molecule has 39 heteroatoms. The van der Waals surface area contributed by atoms with Crippen molar-refractivity contribution in [3.8, 4) is 18.6 Å². The Labute approximate surface area is 659 Å². The summed E-state index contributed by atoms with van der Waals surface area (Å²) in [4.78, 5) is 164. The number of aromatic hydroxyl groups is 1. The number of aliphatic hydroxyl groups excluding tert-OH is 1. The summed E-state index contributed by atoms with van der Waals surface area (Å²) in [5.41, 5.74) is 1.82. The van der Waals surface area contributed by atoms with Crippen molar-refractivity contribution in [2.45, 2.75) is 206 Å². The van der Waals surface area contributed by atoms with Gasteiger partial charge >= 0.3 is 102 Å². The number of phenolic OH excluding ortho intramolecular Hbond substituents is 1. The van der Waals surface area contributed by atoms with Gasteiger partial charge in [0.15, 0.2) is 5.78 Å².